The summed E-state index contributed by atoms with van der Waals surface area (Å²) in [5.74, 6) is 0.432. The molecule has 6 nitrogen and oxygen atoms in total. The van der Waals surface area contributed by atoms with Crippen molar-refractivity contribution in [2.75, 3.05) is 33.8 Å². The van der Waals surface area contributed by atoms with Crippen molar-refractivity contribution in [3.63, 3.8) is 0 Å². The molecule has 7 heteroatoms. The van der Waals surface area contributed by atoms with Crippen LogP contribution in [0.1, 0.15) is 26.2 Å². The van der Waals surface area contributed by atoms with Crippen molar-refractivity contribution in [2.24, 2.45) is 0 Å². The van der Waals surface area contributed by atoms with Gasteiger partial charge in [-0.05, 0) is 55.7 Å². The van der Waals surface area contributed by atoms with E-state index in [9.17, 15) is 8.42 Å². The maximum Gasteiger partial charge on any atom is 0.233 e. The lowest BCUT2D eigenvalue weighted by Crippen LogP contribution is -2.17. The van der Waals surface area contributed by atoms with Crippen LogP contribution in [-0.2, 0) is 10.0 Å². The van der Waals surface area contributed by atoms with E-state index in [1.54, 1.807) is 12.3 Å². The normalized spacial score (nSPS) is 14.5. The lowest BCUT2D eigenvalue weighted by Gasteiger charge is -2.18. The molecule has 134 valence electrons. The van der Waals surface area contributed by atoms with Crippen LogP contribution in [0.25, 0.3) is 0 Å². The van der Waals surface area contributed by atoms with Gasteiger partial charge in [0.15, 0.2) is 0 Å². The molecular weight excluding hydrogens is 336 g/mol. The molecule has 0 amide bonds. The van der Waals surface area contributed by atoms with Crippen LogP contribution in [0.2, 0.25) is 0 Å². The molecule has 1 aliphatic rings. The molecule has 1 saturated heterocycles. The zero-order chi connectivity index (χ0) is 17.7. The second kappa shape index (κ2) is 7.74. The molecule has 1 aromatic heterocycles. The predicted molar refractivity (Wildman–Crippen MR) is 103 cm³/mol. The number of aromatic nitrogens is 1. The van der Waals surface area contributed by atoms with Gasteiger partial charge in [0.25, 0.3) is 0 Å². The number of anilines is 4. The highest BCUT2D eigenvalue weighted by Gasteiger charge is 2.12. The highest BCUT2D eigenvalue weighted by Crippen LogP contribution is 2.24. The second-order valence-electron chi connectivity index (χ2n) is 6.22. The first-order chi connectivity index (χ1) is 12.1. The van der Waals surface area contributed by atoms with Gasteiger partial charge in [-0.1, -0.05) is 6.92 Å². The number of nitrogens with zero attached hydrogens (tertiary/aromatic N) is 2. The average Bonchev–Trinajstić information content (AvgIpc) is 3.11. The van der Waals surface area contributed by atoms with Crippen LogP contribution in [-0.4, -0.2) is 32.2 Å². The number of sulfonamides is 1. The molecule has 3 rings (SSSR count). The third-order valence-corrected chi connectivity index (χ3v) is 5.59. The third-order valence-electron chi connectivity index (χ3n) is 4.12. The standard InChI is InChI=1S/C18H24N4O2S/c1-2-13-25(23,24)21-18-10-7-16(14-19-18)20-15-5-8-17(9-6-15)22-11-3-4-12-22/h5-10,14,20H,2-4,11-13H2,1H3,(H,19,21). The molecule has 1 aromatic carbocycles. The molecule has 0 aliphatic carbocycles. The van der Waals surface area contributed by atoms with Crippen molar-refractivity contribution in [1.29, 1.82) is 0 Å². The Hall–Kier alpha value is -2.28. The molecule has 1 fully saturated rings. The van der Waals surface area contributed by atoms with Crippen molar-refractivity contribution in [1.82, 2.24) is 4.98 Å². The fraction of sp³-hybridized carbons (Fsp3) is 0.389. The summed E-state index contributed by atoms with van der Waals surface area (Å²) in [6.45, 7) is 4.09. The number of hydrogen-bond donors (Lipinski definition) is 2. The SMILES string of the molecule is CCCS(=O)(=O)Nc1ccc(Nc2ccc(N3CCCC3)cc2)cn1. The summed E-state index contributed by atoms with van der Waals surface area (Å²) in [7, 11) is -3.31. The van der Waals surface area contributed by atoms with Gasteiger partial charge in [-0.25, -0.2) is 13.4 Å². The number of nitrogens with one attached hydrogen (secondary N) is 2. The van der Waals surface area contributed by atoms with Crippen molar-refractivity contribution in [3.8, 4) is 0 Å². The Morgan fingerprint density at radius 3 is 2.32 bits per heavy atom. The maximum absolute atomic E-state index is 11.7. The number of hydrogen-bond acceptors (Lipinski definition) is 5. The van der Waals surface area contributed by atoms with Gasteiger partial charge in [0.1, 0.15) is 5.82 Å². The highest BCUT2D eigenvalue weighted by atomic mass is 32.2. The average molecular weight is 360 g/mol. The minimum Gasteiger partial charge on any atom is -0.372 e. The summed E-state index contributed by atoms with van der Waals surface area (Å²) in [5.41, 5.74) is 3.04. The molecule has 2 heterocycles. The second-order valence-corrected chi connectivity index (χ2v) is 8.06. The fourth-order valence-electron chi connectivity index (χ4n) is 2.90. The smallest absolute Gasteiger partial charge is 0.233 e. The van der Waals surface area contributed by atoms with E-state index in [4.69, 9.17) is 0 Å². The first kappa shape index (κ1) is 17.5. The van der Waals surface area contributed by atoms with E-state index < -0.39 is 10.0 Å². The first-order valence-electron chi connectivity index (χ1n) is 8.64. The van der Waals surface area contributed by atoms with Gasteiger partial charge >= 0.3 is 0 Å². The molecule has 0 saturated carbocycles. The Kier molecular flexibility index (Phi) is 5.43. The number of rotatable bonds is 7. The lowest BCUT2D eigenvalue weighted by atomic mass is 10.2. The van der Waals surface area contributed by atoms with Gasteiger partial charge in [-0.2, -0.15) is 0 Å². The molecule has 1 aliphatic heterocycles. The summed E-state index contributed by atoms with van der Waals surface area (Å²) in [4.78, 5) is 6.55. The van der Waals surface area contributed by atoms with E-state index in [1.165, 1.54) is 18.5 Å². The van der Waals surface area contributed by atoms with Crippen molar-refractivity contribution < 1.29 is 8.42 Å². The minimum atomic E-state index is -3.31. The van der Waals surface area contributed by atoms with E-state index >= 15 is 0 Å². The highest BCUT2D eigenvalue weighted by molar-refractivity contribution is 7.92. The molecule has 0 unspecified atom stereocenters. The van der Waals surface area contributed by atoms with Gasteiger partial charge in [0.2, 0.25) is 10.0 Å². The van der Waals surface area contributed by atoms with E-state index in [-0.39, 0.29) is 5.75 Å². The zero-order valence-corrected chi connectivity index (χ0v) is 15.2. The van der Waals surface area contributed by atoms with Crippen LogP contribution in [0.15, 0.2) is 42.6 Å². The Labute approximate surface area is 149 Å². The number of pyridine rings is 1. The first-order valence-corrected chi connectivity index (χ1v) is 10.3. The van der Waals surface area contributed by atoms with Crippen molar-refractivity contribution >= 4 is 32.9 Å². The Balaban J connectivity index is 1.61. The summed E-state index contributed by atoms with van der Waals surface area (Å²) in [6, 6.07) is 11.8. The zero-order valence-electron chi connectivity index (χ0n) is 14.4. The van der Waals surface area contributed by atoms with Crippen LogP contribution in [0.5, 0.6) is 0 Å². The quantitative estimate of drug-likeness (QED) is 0.789. The van der Waals surface area contributed by atoms with E-state index in [1.807, 2.05) is 25.1 Å². The molecule has 0 radical (unpaired) electrons. The minimum absolute atomic E-state index is 0.0953. The van der Waals surface area contributed by atoms with E-state index in [2.05, 4.69) is 32.1 Å². The monoisotopic (exact) mass is 360 g/mol. The van der Waals surface area contributed by atoms with Gasteiger partial charge in [0.05, 0.1) is 17.6 Å². The summed E-state index contributed by atoms with van der Waals surface area (Å²) in [5, 5.41) is 3.28. The van der Waals surface area contributed by atoms with Gasteiger partial charge in [-0.3, -0.25) is 4.72 Å². The van der Waals surface area contributed by atoms with Crippen LogP contribution in [0.4, 0.5) is 22.9 Å². The van der Waals surface area contributed by atoms with Crippen molar-refractivity contribution in [3.05, 3.63) is 42.6 Å². The molecule has 0 spiro atoms. The predicted octanol–water partition coefficient (Wildman–Crippen LogP) is 3.58. The van der Waals surface area contributed by atoms with Crippen molar-refractivity contribution in [2.45, 2.75) is 26.2 Å². The summed E-state index contributed by atoms with van der Waals surface area (Å²) >= 11 is 0. The van der Waals surface area contributed by atoms with Crippen LogP contribution >= 0.6 is 0 Å². The fourth-order valence-corrected chi connectivity index (χ4v) is 3.98. The van der Waals surface area contributed by atoms with E-state index in [0.29, 0.717) is 12.2 Å². The maximum atomic E-state index is 11.7. The van der Waals surface area contributed by atoms with E-state index in [0.717, 1.165) is 24.5 Å². The van der Waals surface area contributed by atoms with Crippen LogP contribution in [0.3, 0.4) is 0 Å². The molecule has 25 heavy (non-hydrogen) atoms. The van der Waals surface area contributed by atoms with Gasteiger partial charge in [0, 0.05) is 24.5 Å². The topological polar surface area (TPSA) is 74.3 Å². The van der Waals surface area contributed by atoms with Gasteiger partial charge in [-0.15, -0.1) is 0 Å². The van der Waals surface area contributed by atoms with Crippen LogP contribution < -0.4 is 14.9 Å². The Morgan fingerprint density at radius 1 is 1.04 bits per heavy atom. The van der Waals surface area contributed by atoms with Crippen LogP contribution in [0, 0.1) is 0 Å². The Morgan fingerprint density at radius 2 is 1.72 bits per heavy atom. The summed E-state index contributed by atoms with van der Waals surface area (Å²) < 4.78 is 26.0. The lowest BCUT2D eigenvalue weighted by molar-refractivity contribution is 0.599. The summed E-state index contributed by atoms with van der Waals surface area (Å²) in [6.07, 6.45) is 4.72. The molecule has 2 aromatic rings. The molecule has 2 N–H and O–H groups in total. The third kappa shape index (κ3) is 4.85. The Bertz CT molecular complexity index is 783. The largest absolute Gasteiger partial charge is 0.372 e. The molecule has 0 bridgehead atoms. The molecular formula is C18H24N4O2S. The van der Waals surface area contributed by atoms with Gasteiger partial charge < -0.3 is 10.2 Å². The molecule has 0 atom stereocenters. The number of benzene rings is 1.